The first-order chi connectivity index (χ1) is 6.64. The number of rotatable bonds is 5. The Morgan fingerprint density at radius 1 is 1.36 bits per heavy atom. The molecule has 0 saturated carbocycles. The fourth-order valence-corrected chi connectivity index (χ4v) is 0.990. The monoisotopic (exact) mass is 195 g/mol. The van der Waals surface area contributed by atoms with E-state index in [-0.39, 0.29) is 12.0 Å². The average Bonchev–Trinajstić information content (AvgIpc) is 2.19. The normalized spacial score (nSPS) is 11.6. The molecule has 78 valence electrons. The van der Waals surface area contributed by atoms with Gasteiger partial charge in [0.05, 0.1) is 6.54 Å². The van der Waals surface area contributed by atoms with Gasteiger partial charge in [0.25, 0.3) is 0 Å². The van der Waals surface area contributed by atoms with E-state index in [2.05, 4.69) is 15.3 Å². The van der Waals surface area contributed by atoms with E-state index in [1.807, 2.05) is 13.8 Å². The summed E-state index contributed by atoms with van der Waals surface area (Å²) in [6.07, 6.45) is 3.45. The molecule has 0 spiro atoms. The molecular weight excluding hydrogens is 178 g/mol. The Kier molecular flexibility index (Phi) is 3.98. The van der Waals surface area contributed by atoms with E-state index in [1.165, 1.54) is 0 Å². The highest BCUT2D eigenvalue weighted by Gasteiger charge is 2.15. The lowest BCUT2D eigenvalue weighted by Crippen LogP contribution is -2.32. The third-order valence-corrected chi connectivity index (χ3v) is 1.93. The van der Waals surface area contributed by atoms with Crippen LogP contribution < -0.4 is 5.32 Å². The maximum absolute atomic E-state index is 9.02. The molecule has 0 aromatic carbocycles. The van der Waals surface area contributed by atoms with Crippen LogP contribution in [0.3, 0.4) is 0 Å². The molecular formula is C10H17N3O. The molecule has 0 radical (unpaired) electrons. The van der Waals surface area contributed by atoms with Crippen LogP contribution in [0.2, 0.25) is 0 Å². The minimum absolute atomic E-state index is 0.0885. The van der Waals surface area contributed by atoms with Crippen molar-refractivity contribution in [1.29, 1.82) is 0 Å². The third-order valence-electron chi connectivity index (χ3n) is 1.93. The zero-order valence-corrected chi connectivity index (χ0v) is 8.70. The largest absolute Gasteiger partial charge is 0.396 e. The second-order valence-corrected chi connectivity index (χ2v) is 4.09. The maximum atomic E-state index is 9.02. The Bertz CT molecular complexity index is 261. The van der Waals surface area contributed by atoms with Crippen molar-refractivity contribution in [2.75, 3.05) is 13.2 Å². The van der Waals surface area contributed by atoms with E-state index in [9.17, 15) is 0 Å². The van der Waals surface area contributed by atoms with Crippen LogP contribution in [0, 0.1) is 5.41 Å². The Morgan fingerprint density at radius 2 is 2.00 bits per heavy atom. The molecule has 0 aliphatic carbocycles. The van der Waals surface area contributed by atoms with Gasteiger partial charge in [0.2, 0.25) is 0 Å². The number of aliphatic hydroxyl groups excluding tert-OH is 1. The molecule has 0 unspecified atom stereocenters. The lowest BCUT2D eigenvalue weighted by molar-refractivity contribution is 0.156. The minimum atomic E-state index is -0.0885. The molecule has 2 N–H and O–H groups in total. The van der Waals surface area contributed by atoms with Crippen molar-refractivity contribution in [1.82, 2.24) is 15.3 Å². The van der Waals surface area contributed by atoms with Gasteiger partial charge >= 0.3 is 0 Å². The first-order valence-corrected chi connectivity index (χ1v) is 4.71. The molecule has 1 rings (SSSR count). The van der Waals surface area contributed by atoms with E-state index < -0.39 is 0 Å². The number of aliphatic hydroxyl groups is 1. The van der Waals surface area contributed by atoms with Gasteiger partial charge in [0, 0.05) is 31.0 Å². The lowest BCUT2D eigenvalue weighted by atomic mass is 9.95. The summed E-state index contributed by atoms with van der Waals surface area (Å²) in [7, 11) is 0. The summed E-state index contributed by atoms with van der Waals surface area (Å²) < 4.78 is 0. The lowest BCUT2D eigenvalue weighted by Gasteiger charge is -2.21. The summed E-state index contributed by atoms with van der Waals surface area (Å²) in [5.41, 5.74) is -0.0885. The predicted octanol–water partition coefficient (Wildman–Crippen LogP) is 0.585. The number of hydrogen-bond donors (Lipinski definition) is 2. The number of hydrogen-bond acceptors (Lipinski definition) is 4. The Balaban J connectivity index is 2.29. The second-order valence-electron chi connectivity index (χ2n) is 4.09. The van der Waals surface area contributed by atoms with Gasteiger partial charge in [-0.1, -0.05) is 13.8 Å². The second kappa shape index (κ2) is 5.02. The van der Waals surface area contributed by atoms with E-state index >= 15 is 0 Å². The quantitative estimate of drug-likeness (QED) is 0.721. The van der Waals surface area contributed by atoms with Gasteiger partial charge in [-0.15, -0.1) is 0 Å². The summed E-state index contributed by atoms with van der Waals surface area (Å²) >= 11 is 0. The summed E-state index contributed by atoms with van der Waals surface area (Å²) in [5.74, 6) is 0.779. The molecule has 0 aliphatic heterocycles. The van der Waals surface area contributed by atoms with Crippen LogP contribution in [0.1, 0.15) is 19.7 Å². The van der Waals surface area contributed by atoms with Crippen molar-refractivity contribution < 1.29 is 5.11 Å². The summed E-state index contributed by atoms with van der Waals surface area (Å²) in [6, 6.07) is 1.79. The topological polar surface area (TPSA) is 58.0 Å². The molecule has 4 nitrogen and oxygen atoms in total. The van der Waals surface area contributed by atoms with Crippen LogP contribution in [0.4, 0.5) is 0 Å². The van der Waals surface area contributed by atoms with Gasteiger partial charge in [-0.2, -0.15) is 0 Å². The van der Waals surface area contributed by atoms with Crippen molar-refractivity contribution in [3.05, 3.63) is 24.3 Å². The zero-order chi connectivity index (χ0) is 10.4. The molecule has 0 fully saturated rings. The highest BCUT2D eigenvalue weighted by molar-refractivity contribution is 4.88. The summed E-state index contributed by atoms with van der Waals surface area (Å²) in [6.45, 7) is 5.58. The smallest absolute Gasteiger partial charge is 0.141 e. The van der Waals surface area contributed by atoms with E-state index in [0.717, 1.165) is 12.4 Å². The molecule has 1 aromatic heterocycles. The van der Waals surface area contributed by atoms with Crippen LogP contribution in [0.15, 0.2) is 18.5 Å². The fraction of sp³-hybridized carbons (Fsp3) is 0.600. The number of nitrogens with one attached hydrogen (secondary N) is 1. The van der Waals surface area contributed by atoms with Crippen LogP contribution >= 0.6 is 0 Å². The van der Waals surface area contributed by atoms with E-state index in [1.54, 1.807) is 18.5 Å². The first-order valence-electron chi connectivity index (χ1n) is 4.71. The fourth-order valence-electron chi connectivity index (χ4n) is 0.990. The minimum Gasteiger partial charge on any atom is -0.396 e. The van der Waals surface area contributed by atoms with Gasteiger partial charge in [0.15, 0.2) is 0 Å². The van der Waals surface area contributed by atoms with Gasteiger partial charge in [-0.3, -0.25) is 0 Å². The molecule has 14 heavy (non-hydrogen) atoms. The molecule has 0 saturated heterocycles. The standard InChI is InChI=1S/C10H17N3O/c1-10(2,8-14)7-11-6-9-12-4-3-5-13-9/h3-5,11,14H,6-8H2,1-2H3. The van der Waals surface area contributed by atoms with Gasteiger partial charge in [-0.25, -0.2) is 9.97 Å². The van der Waals surface area contributed by atoms with Gasteiger partial charge in [0.1, 0.15) is 5.82 Å². The Labute approximate surface area is 84.4 Å². The van der Waals surface area contributed by atoms with Crippen molar-refractivity contribution in [3.8, 4) is 0 Å². The van der Waals surface area contributed by atoms with Crippen molar-refractivity contribution in [3.63, 3.8) is 0 Å². The molecule has 1 aromatic rings. The van der Waals surface area contributed by atoms with E-state index in [0.29, 0.717) is 6.54 Å². The molecule has 1 heterocycles. The van der Waals surface area contributed by atoms with Crippen molar-refractivity contribution in [2.24, 2.45) is 5.41 Å². The highest BCUT2D eigenvalue weighted by atomic mass is 16.3. The molecule has 0 bridgehead atoms. The zero-order valence-electron chi connectivity index (χ0n) is 8.70. The van der Waals surface area contributed by atoms with Crippen LogP contribution in [-0.2, 0) is 6.54 Å². The van der Waals surface area contributed by atoms with Crippen LogP contribution in [0.25, 0.3) is 0 Å². The molecule has 0 amide bonds. The van der Waals surface area contributed by atoms with Gasteiger partial charge < -0.3 is 10.4 Å². The van der Waals surface area contributed by atoms with E-state index in [4.69, 9.17) is 5.11 Å². The summed E-state index contributed by atoms with van der Waals surface area (Å²) in [5, 5.41) is 12.2. The van der Waals surface area contributed by atoms with Crippen LogP contribution in [-0.4, -0.2) is 28.2 Å². The van der Waals surface area contributed by atoms with Crippen molar-refractivity contribution >= 4 is 0 Å². The third kappa shape index (κ3) is 3.81. The van der Waals surface area contributed by atoms with Crippen molar-refractivity contribution in [2.45, 2.75) is 20.4 Å². The number of nitrogens with zero attached hydrogens (tertiary/aromatic N) is 2. The Morgan fingerprint density at radius 3 is 2.57 bits per heavy atom. The van der Waals surface area contributed by atoms with Gasteiger partial charge in [-0.05, 0) is 6.07 Å². The maximum Gasteiger partial charge on any atom is 0.141 e. The molecule has 0 atom stereocenters. The Hall–Kier alpha value is -1.00. The predicted molar refractivity (Wildman–Crippen MR) is 54.6 cm³/mol. The number of aromatic nitrogens is 2. The van der Waals surface area contributed by atoms with Crippen LogP contribution in [0.5, 0.6) is 0 Å². The molecule has 0 aliphatic rings. The first kappa shape index (κ1) is 11.1. The highest BCUT2D eigenvalue weighted by Crippen LogP contribution is 2.11. The SMILES string of the molecule is CC(C)(CO)CNCc1ncccn1. The average molecular weight is 195 g/mol. The molecule has 4 heteroatoms. The summed E-state index contributed by atoms with van der Waals surface area (Å²) in [4.78, 5) is 8.18.